The standard InChI is InChI=1S/C18H15FN2O5/c1-2-26-18(23)15(11-20-13-9-7-12(19)8-10-13)17(22)14-5-3-4-6-16(14)21(24)25/h3-11,20H,2H2,1H3. The molecule has 0 atom stereocenters. The van der Waals surface area contributed by atoms with Gasteiger partial charge < -0.3 is 10.1 Å². The molecule has 26 heavy (non-hydrogen) atoms. The minimum atomic E-state index is -0.926. The number of hydrogen-bond donors (Lipinski definition) is 1. The highest BCUT2D eigenvalue weighted by molar-refractivity contribution is 6.25. The van der Waals surface area contributed by atoms with Gasteiger partial charge in [0, 0.05) is 18.0 Å². The number of anilines is 1. The monoisotopic (exact) mass is 358 g/mol. The molecule has 0 saturated heterocycles. The molecule has 8 heteroatoms. The summed E-state index contributed by atoms with van der Waals surface area (Å²) in [7, 11) is 0. The van der Waals surface area contributed by atoms with E-state index in [1.54, 1.807) is 6.92 Å². The van der Waals surface area contributed by atoms with Crippen molar-refractivity contribution in [3.63, 3.8) is 0 Å². The average molecular weight is 358 g/mol. The number of halogens is 1. The number of ether oxygens (including phenoxy) is 1. The molecule has 0 aromatic heterocycles. The van der Waals surface area contributed by atoms with Crippen molar-refractivity contribution in [1.82, 2.24) is 0 Å². The number of rotatable bonds is 7. The number of nitro groups is 1. The zero-order chi connectivity index (χ0) is 19.1. The summed E-state index contributed by atoms with van der Waals surface area (Å²) in [6, 6.07) is 10.5. The maximum absolute atomic E-state index is 12.9. The van der Waals surface area contributed by atoms with Crippen LogP contribution in [0.4, 0.5) is 15.8 Å². The van der Waals surface area contributed by atoms with Crippen LogP contribution in [0.15, 0.2) is 60.3 Å². The van der Waals surface area contributed by atoms with E-state index in [0.29, 0.717) is 5.69 Å². The van der Waals surface area contributed by atoms with E-state index in [9.17, 15) is 24.1 Å². The second-order valence-electron chi connectivity index (χ2n) is 5.03. The molecule has 0 radical (unpaired) electrons. The van der Waals surface area contributed by atoms with E-state index in [2.05, 4.69) is 5.32 Å². The molecule has 0 heterocycles. The molecule has 2 aromatic carbocycles. The van der Waals surface area contributed by atoms with E-state index in [1.165, 1.54) is 48.5 Å². The van der Waals surface area contributed by atoms with E-state index in [1.807, 2.05) is 0 Å². The van der Waals surface area contributed by atoms with E-state index in [4.69, 9.17) is 4.74 Å². The fourth-order valence-electron chi connectivity index (χ4n) is 2.10. The summed E-state index contributed by atoms with van der Waals surface area (Å²) < 4.78 is 17.8. The molecular formula is C18H15FN2O5. The van der Waals surface area contributed by atoms with Crippen LogP contribution < -0.4 is 5.32 Å². The summed E-state index contributed by atoms with van der Waals surface area (Å²) in [6.45, 7) is 1.59. The zero-order valence-corrected chi connectivity index (χ0v) is 13.8. The minimum absolute atomic E-state index is 0.0247. The summed E-state index contributed by atoms with van der Waals surface area (Å²) in [5.74, 6) is -2.23. The largest absolute Gasteiger partial charge is 0.462 e. The van der Waals surface area contributed by atoms with E-state index in [0.717, 1.165) is 6.20 Å². The zero-order valence-electron chi connectivity index (χ0n) is 13.8. The van der Waals surface area contributed by atoms with Crippen molar-refractivity contribution in [2.45, 2.75) is 6.92 Å². The molecule has 2 aromatic rings. The first-order valence-corrected chi connectivity index (χ1v) is 7.61. The first kappa shape index (κ1) is 18.8. The molecule has 0 unspecified atom stereocenters. The van der Waals surface area contributed by atoms with Gasteiger partial charge in [0.2, 0.25) is 5.78 Å². The summed E-state index contributed by atoms with van der Waals surface area (Å²) in [4.78, 5) is 35.2. The number of benzene rings is 2. The second-order valence-corrected chi connectivity index (χ2v) is 5.03. The lowest BCUT2D eigenvalue weighted by Gasteiger charge is -2.08. The smallest absolute Gasteiger partial charge is 0.343 e. The molecule has 0 fully saturated rings. The molecular weight excluding hydrogens is 343 g/mol. The number of ketones is 1. The molecule has 0 aliphatic rings. The second kappa shape index (κ2) is 8.52. The lowest BCUT2D eigenvalue weighted by atomic mass is 10.0. The quantitative estimate of drug-likeness (QED) is 0.155. The van der Waals surface area contributed by atoms with Crippen molar-refractivity contribution in [1.29, 1.82) is 0 Å². The SMILES string of the molecule is CCOC(=O)C(=CNc1ccc(F)cc1)C(=O)c1ccccc1[N+](=O)[O-]. The van der Waals surface area contributed by atoms with Gasteiger partial charge >= 0.3 is 5.97 Å². The maximum Gasteiger partial charge on any atom is 0.343 e. The molecule has 7 nitrogen and oxygen atoms in total. The van der Waals surface area contributed by atoms with Crippen molar-refractivity contribution in [2.24, 2.45) is 0 Å². The number of carbonyl (C=O) groups is 2. The number of para-hydroxylation sites is 1. The van der Waals surface area contributed by atoms with Gasteiger partial charge in [0.05, 0.1) is 11.5 Å². The van der Waals surface area contributed by atoms with Crippen molar-refractivity contribution in [3.05, 3.63) is 81.8 Å². The van der Waals surface area contributed by atoms with Crippen LogP contribution in [-0.4, -0.2) is 23.3 Å². The van der Waals surface area contributed by atoms with Gasteiger partial charge in [-0.25, -0.2) is 9.18 Å². The Labute approximate surface area is 148 Å². The number of nitrogens with one attached hydrogen (secondary N) is 1. The van der Waals surface area contributed by atoms with Crippen molar-refractivity contribution in [2.75, 3.05) is 11.9 Å². The van der Waals surface area contributed by atoms with Gasteiger partial charge in [-0.05, 0) is 37.3 Å². The first-order valence-electron chi connectivity index (χ1n) is 7.61. The van der Waals surface area contributed by atoms with Gasteiger partial charge in [-0.15, -0.1) is 0 Å². The summed E-state index contributed by atoms with van der Waals surface area (Å²) in [5.41, 5.74) is -0.652. The van der Waals surface area contributed by atoms with Crippen molar-refractivity contribution in [3.8, 4) is 0 Å². The maximum atomic E-state index is 12.9. The third kappa shape index (κ3) is 4.50. The topological polar surface area (TPSA) is 98.5 Å². The lowest BCUT2D eigenvalue weighted by Crippen LogP contribution is -2.18. The Balaban J connectivity index is 2.39. The van der Waals surface area contributed by atoms with Gasteiger partial charge in [0.1, 0.15) is 17.0 Å². The van der Waals surface area contributed by atoms with Crippen LogP contribution in [0.2, 0.25) is 0 Å². The van der Waals surface area contributed by atoms with E-state index < -0.39 is 33.8 Å². The van der Waals surface area contributed by atoms with Gasteiger partial charge in [0.15, 0.2) is 0 Å². The van der Waals surface area contributed by atoms with Crippen LogP contribution in [0.3, 0.4) is 0 Å². The molecule has 0 bridgehead atoms. The highest BCUT2D eigenvalue weighted by Gasteiger charge is 2.27. The van der Waals surface area contributed by atoms with E-state index in [-0.39, 0.29) is 12.2 Å². The summed E-state index contributed by atoms with van der Waals surface area (Å²) in [6.07, 6.45) is 1.09. The number of nitro benzene ring substituents is 1. The van der Waals surface area contributed by atoms with Gasteiger partial charge in [-0.3, -0.25) is 14.9 Å². The molecule has 1 N–H and O–H groups in total. The van der Waals surface area contributed by atoms with Crippen LogP contribution in [0, 0.1) is 15.9 Å². The Morgan fingerprint density at radius 2 is 1.85 bits per heavy atom. The number of Topliss-reactive ketones (excluding diaryl/α,β-unsaturated/α-hetero) is 1. The predicted octanol–water partition coefficient (Wildman–Crippen LogP) is 3.48. The normalized spacial score (nSPS) is 10.9. The van der Waals surface area contributed by atoms with Crippen LogP contribution in [0.1, 0.15) is 17.3 Å². The highest BCUT2D eigenvalue weighted by Crippen LogP contribution is 2.22. The Morgan fingerprint density at radius 1 is 1.19 bits per heavy atom. The van der Waals surface area contributed by atoms with Crippen molar-refractivity contribution >= 4 is 23.1 Å². The Kier molecular flexibility index (Phi) is 6.15. The van der Waals surface area contributed by atoms with Gasteiger partial charge in [0.25, 0.3) is 5.69 Å². The van der Waals surface area contributed by atoms with Crippen LogP contribution in [0.25, 0.3) is 0 Å². The Morgan fingerprint density at radius 3 is 2.46 bits per heavy atom. The fourth-order valence-corrected chi connectivity index (χ4v) is 2.10. The first-order chi connectivity index (χ1) is 12.4. The minimum Gasteiger partial charge on any atom is -0.462 e. The molecule has 134 valence electrons. The van der Waals surface area contributed by atoms with E-state index >= 15 is 0 Å². The number of nitrogens with zero attached hydrogens (tertiary/aromatic N) is 1. The summed E-state index contributed by atoms with van der Waals surface area (Å²) in [5, 5.41) is 13.8. The third-order valence-electron chi connectivity index (χ3n) is 3.31. The number of hydrogen-bond acceptors (Lipinski definition) is 6. The summed E-state index contributed by atoms with van der Waals surface area (Å²) >= 11 is 0. The average Bonchev–Trinajstić information content (AvgIpc) is 2.63. The molecule has 2 rings (SSSR count). The third-order valence-corrected chi connectivity index (χ3v) is 3.31. The molecule has 0 aliphatic heterocycles. The number of esters is 1. The molecule has 0 aliphatic carbocycles. The molecule has 0 spiro atoms. The Hall–Kier alpha value is -3.55. The number of carbonyl (C=O) groups excluding carboxylic acids is 2. The van der Waals surface area contributed by atoms with Crippen molar-refractivity contribution < 1.29 is 23.6 Å². The lowest BCUT2D eigenvalue weighted by molar-refractivity contribution is -0.385. The van der Waals surface area contributed by atoms with Gasteiger partial charge in [-0.2, -0.15) is 0 Å². The van der Waals surface area contributed by atoms with Crippen LogP contribution in [0.5, 0.6) is 0 Å². The van der Waals surface area contributed by atoms with Gasteiger partial charge in [-0.1, -0.05) is 12.1 Å². The fraction of sp³-hybridized carbons (Fsp3) is 0.111. The molecule has 0 amide bonds. The van der Waals surface area contributed by atoms with Crippen LogP contribution >= 0.6 is 0 Å². The molecule has 0 saturated carbocycles. The van der Waals surface area contributed by atoms with Crippen LogP contribution in [-0.2, 0) is 9.53 Å². The Bertz CT molecular complexity index is 862. The highest BCUT2D eigenvalue weighted by atomic mass is 19.1. The predicted molar refractivity (Wildman–Crippen MR) is 92.2 cm³/mol.